The fraction of sp³-hybridized carbons (Fsp3) is 0.684. The molecule has 0 radical (unpaired) electrons. The summed E-state index contributed by atoms with van der Waals surface area (Å²) in [5.41, 5.74) is 3.25. The van der Waals surface area contributed by atoms with Crippen LogP contribution in [0.25, 0.3) is 0 Å². The first-order valence-electron chi connectivity index (χ1n) is 8.48. The summed E-state index contributed by atoms with van der Waals surface area (Å²) in [6.07, 6.45) is 7.07. The molecule has 0 saturated heterocycles. The summed E-state index contributed by atoms with van der Waals surface area (Å²) in [7, 11) is 1.75. The van der Waals surface area contributed by atoms with Gasteiger partial charge in [-0.3, -0.25) is 0 Å². The maximum absolute atomic E-state index is 10.4. The minimum atomic E-state index is -0.0688. The summed E-state index contributed by atoms with van der Waals surface area (Å²) in [4.78, 5) is 0. The highest BCUT2D eigenvalue weighted by Crippen LogP contribution is 2.60. The smallest absolute Gasteiger partial charge is 0.119 e. The average molecular weight is 286 g/mol. The molecule has 2 fully saturated rings. The average Bonchev–Trinajstić information content (AvgIpc) is 2.82. The van der Waals surface area contributed by atoms with E-state index in [4.69, 9.17) is 4.74 Å². The molecular weight excluding hydrogens is 260 g/mol. The standard InChI is InChI=1S/C19H26O2/c1-19-10-9-15-14-6-4-13(21-2)11-12(14)3-5-16(15)17(19)7-8-18(19)20/h4,6,11,15-18,20H,3,5,7-10H2,1-2H3/t15-,16-,17+,18+,19+/m0/s1. The molecule has 21 heavy (non-hydrogen) atoms. The van der Waals surface area contributed by atoms with Crippen LogP contribution in [0.15, 0.2) is 18.2 Å². The van der Waals surface area contributed by atoms with Gasteiger partial charge in [0, 0.05) is 0 Å². The van der Waals surface area contributed by atoms with E-state index in [2.05, 4.69) is 25.1 Å². The molecule has 114 valence electrons. The lowest BCUT2D eigenvalue weighted by molar-refractivity contribution is -0.0226. The molecule has 4 rings (SSSR count). The molecule has 0 spiro atoms. The number of aliphatic hydroxyl groups excluding tert-OH is 1. The van der Waals surface area contributed by atoms with E-state index in [1.54, 1.807) is 12.7 Å². The van der Waals surface area contributed by atoms with Gasteiger partial charge in [0.2, 0.25) is 0 Å². The van der Waals surface area contributed by atoms with Crippen LogP contribution in [0.3, 0.4) is 0 Å². The molecule has 2 saturated carbocycles. The van der Waals surface area contributed by atoms with Crippen LogP contribution in [0, 0.1) is 17.3 Å². The van der Waals surface area contributed by atoms with Crippen molar-refractivity contribution in [3.63, 3.8) is 0 Å². The fourth-order valence-electron chi connectivity index (χ4n) is 5.66. The van der Waals surface area contributed by atoms with E-state index < -0.39 is 0 Å². The second-order valence-corrected chi connectivity index (χ2v) is 7.62. The van der Waals surface area contributed by atoms with E-state index in [0.717, 1.165) is 24.0 Å². The van der Waals surface area contributed by atoms with Crippen LogP contribution in [0.5, 0.6) is 5.75 Å². The van der Waals surface area contributed by atoms with Gasteiger partial charge in [-0.05, 0) is 85.0 Å². The van der Waals surface area contributed by atoms with Crippen LogP contribution in [-0.2, 0) is 6.42 Å². The number of benzene rings is 1. The highest BCUT2D eigenvalue weighted by atomic mass is 16.5. The predicted molar refractivity (Wildman–Crippen MR) is 83.6 cm³/mol. The molecule has 2 heteroatoms. The van der Waals surface area contributed by atoms with E-state index in [1.807, 2.05) is 0 Å². The molecule has 0 bridgehead atoms. The zero-order valence-electron chi connectivity index (χ0n) is 13.1. The summed E-state index contributed by atoms with van der Waals surface area (Å²) >= 11 is 0. The molecular formula is C19H26O2. The van der Waals surface area contributed by atoms with Crippen LogP contribution < -0.4 is 4.74 Å². The first-order valence-corrected chi connectivity index (χ1v) is 8.48. The maximum atomic E-state index is 10.4. The van der Waals surface area contributed by atoms with Gasteiger partial charge in [0.1, 0.15) is 5.75 Å². The molecule has 5 atom stereocenters. The van der Waals surface area contributed by atoms with Crippen molar-refractivity contribution in [2.45, 2.75) is 57.5 Å². The Bertz CT molecular complexity index is 552. The number of hydrogen-bond acceptors (Lipinski definition) is 2. The lowest BCUT2D eigenvalue weighted by Crippen LogP contribution is -2.43. The van der Waals surface area contributed by atoms with Gasteiger partial charge in [-0.1, -0.05) is 13.0 Å². The second-order valence-electron chi connectivity index (χ2n) is 7.62. The van der Waals surface area contributed by atoms with E-state index in [0.29, 0.717) is 5.92 Å². The normalized spacial score (nSPS) is 41.1. The molecule has 3 aliphatic rings. The lowest BCUT2D eigenvalue weighted by atomic mass is 9.55. The summed E-state index contributed by atoms with van der Waals surface area (Å²) < 4.78 is 5.38. The highest BCUT2D eigenvalue weighted by molar-refractivity contribution is 5.40. The summed E-state index contributed by atoms with van der Waals surface area (Å²) in [6, 6.07) is 6.67. The topological polar surface area (TPSA) is 29.5 Å². The van der Waals surface area contributed by atoms with Crippen molar-refractivity contribution < 1.29 is 9.84 Å². The second kappa shape index (κ2) is 4.74. The highest BCUT2D eigenvalue weighted by Gasteiger charge is 2.54. The van der Waals surface area contributed by atoms with E-state index in [-0.39, 0.29) is 11.5 Å². The Morgan fingerprint density at radius 3 is 2.86 bits per heavy atom. The van der Waals surface area contributed by atoms with Crippen LogP contribution in [0.2, 0.25) is 0 Å². The third-order valence-electron chi connectivity index (χ3n) is 6.88. The third kappa shape index (κ3) is 1.88. The maximum Gasteiger partial charge on any atom is 0.119 e. The van der Waals surface area contributed by atoms with Crippen molar-refractivity contribution in [3.05, 3.63) is 29.3 Å². The molecule has 0 amide bonds. The van der Waals surface area contributed by atoms with Crippen molar-refractivity contribution in [2.75, 3.05) is 7.11 Å². The van der Waals surface area contributed by atoms with Gasteiger partial charge >= 0.3 is 0 Å². The fourth-order valence-corrected chi connectivity index (χ4v) is 5.66. The quantitative estimate of drug-likeness (QED) is 0.848. The number of aryl methyl sites for hydroxylation is 1. The summed E-state index contributed by atoms with van der Waals surface area (Å²) in [6.45, 7) is 2.34. The molecule has 1 N–H and O–H groups in total. The summed E-state index contributed by atoms with van der Waals surface area (Å²) in [5.74, 6) is 3.20. The Kier molecular flexibility index (Phi) is 3.08. The van der Waals surface area contributed by atoms with Gasteiger partial charge in [0.05, 0.1) is 13.2 Å². The Labute approximate surface area is 127 Å². The van der Waals surface area contributed by atoms with E-state index in [1.165, 1.54) is 37.7 Å². The van der Waals surface area contributed by atoms with E-state index >= 15 is 0 Å². The van der Waals surface area contributed by atoms with Gasteiger partial charge in [-0.25, -0.2) is 0 Å². The van der Waals surface area contributed by atoms with Crippen LogP contribution >= 0.6 is 0 Å². The Hall–Kier alpha value is -1.02. The van der Waals surface area contributed by atoms with Crippen molar-refractivity contribution in [1.29, 1.82) is 0 Å². The first kappa shape index (κ1) is 13.6. The first-order chi connectivity index (χ1) is 10.1. The van der Waals surface area contributed by atoms with E-state index in [9.17, 15) is 5.11 Å². The molecule has 3 aliphatic carbocycles. The minimum Gasteiger partial charge on any atom is -0.497 e. The van der Waals surface area contributed by atoms with Gasteiger partial charge in [-0.15, -0.1) is 0 Å². The third-order valence-corrected chi connectivity index (χ3v) is 6.88. The number of rotatable bonds is 1. The summed E-state index contributed by atoms with van der Waals surface area (Å²) in [5, 5.41) is 10.4. The van der Waals surface area contributed by atoms with Gasteiger partial charge in [0.15, 0.2) is 0 Å². The number of fused-ring (bicyclic) bond motifs is 5. The van der Waals surface area contributed by atoms with Crippen molar-refractivity contribution >= 4 is 0 Å². The molecule has 0 unspecified atom stereocenters. The number of aliphatic hydroxyl groups is 1. The monoisotopic (exact) mass is 286 g/mol. The SMILES string of the molecule is COc1ccc2c(c1)CC[C@@H]1[C@H]3CC[C@@H](O)[C@]3(C)CC[C@@H]21. The molecule has 0 heterocycles. The molecule has 1 aromatic carbocycles. The largest absolute Gasteiger partial charge is 0.497 e. The molecule has 0 aromatic heterocycles. The van der Waals surface area contributed by atoms with Crippen molar-refractivity contribution in [2.24, 2.45) is 17.3 Å². The van der Waals surface area contributed by atoms with Crippen molar-refractivity contribution in [3.8, 4) is 5.75 Å². The number of hydrogen-bond donors (Lipinski definition) is 1. The molecule has 2 nitrogen and oxygen atoms in total. The Morgan fingerprint density at radius 2 is 2.05 bits per heavy atom. The van der Waals surface area contributed by atoms with Crippen LogP contribution in [-0.4, -0.2) is 18.3 Å². The van der Waals surface area contributed by atoms with Crippen LogP contribution in [0.4, 0.5) is 0 Å². The molecule has 1 aromatic rings. The van der Waals surface area contributed by atoms with Crippen LogP contribution in [0.1, 0.15) is 56.1 Å². The Morgan fingerprint density at radius 1 is 1.19 bits per heavy atom. The minimum absolute atomic E-state index is 0.0688. The van der Waals surface area contributed by atoms with Crippen molar-refractivity contribution in [1.82, 2.24) is 0 Å². The number of methoxy groups -OCH3 is 1. The predicted octanol–water partition coefficient (Wildman–Crippen LogP) is 3.91. The zero-order valence-corrected chi connectivity index (χ0v) is 13.1. The van der Waals surface area contributed by atoms with Gasteiger partial charge < -0.3 is 9.84 Å². The van der Waals surface area contributed by atoms with Gasteiger partial charge in [-0.2, -0.15) is 0 Å². The molecule has 0 aliphatic heterocycles. The lowest BCUT2D eigenvalue weighted by Gasteiger charge is -2.50. The number of ether oxygens (including phenoxy) is 1. The van der Waals surface area contributed by atoms with Gasteiger partial charge in [0.25, 0.3) is 0 Å². The zero-order chi connectivity index (χ0) is 14.6. The Balaban J connectivity index is 1.68.